The minimum absolute atomic E-state index is 0.277. The Morgan fingerprint density at radius 3 is 2.33 bits per heavy atom. The Morgan fingerprint density at radius 2 is 2.00 bits per heavy atom. The summed E-state index contributed by atoms with van der Waals surface area (Å²) < 4.78 is 0. The fourth-order valence-electron chi connectivity index (χ4n) is 1.19. The Morgan fingerprint density at radius 1 is 1.42 bits per heavy atom. The van der Waals surface area contributed by atoms with Crippen molar-refractivity contribution in [3.8, 4) is 0 Å². The molecule has 2 nitrogen and oxygen atoms in total. The maximum Gasteiger partial charge on any atom is 0.0732 e. The van der Waals surface area contributed by atoms with E-state index < -0.39 is 0 Å². The average Bonchev–Trinajstić information content (AvgIpc) is 2.02. The molecule has 0 aromatic heterocycles. The Balaban J connectivity index is 3.78. The van der Waals surface area contributed by atoms with E-state index in [-0.39, 0.29) is 5.41 Å². The van der Waals surface area contributed by atoms with Crippen LogP contribution in [0.2, 0.25) is 0 Å². The quantitative estimate of drug-likeness (QED) is 0.627. The summed E-state index contributed by atoms with van der Waals surface area (Å²) in [6.45, 7) is 9.61. The summed E-state index contributed by atoms with van der Waals surface area (Å²) >= 11 is 0. The van der Waals surface area contributed by atoms with Gasteiger partial charge in [-0.05, 0) is 24.2 Å². The van der Waals surface area contributed by atoms with E-state index in [9.17, 15) is 0 Å². The van der Waals surface area contributed by atoms with E-state index in [1.165, 1.54) is 12.8 Å². The van der Waals surface area contributed by atoms with E-state index in [0.717, 1.165) is 12.3 Å². The topological polar surface area (TPSA) is 35.2 Å². The standard InChI is InChI=1S/C10H23NO/c1-5-10(4,8-12-11)7-6-9(2)3/h9H,5-8,11H2,1-4H3. The molecule has 2 heteroatoms. The Hall–Kier alpha value is -0.0800. The highest BCUT2D eigenvalue weighted by atomic mass is 16.6. The number of rotatable bonds is 6. The molecule has 0 rings (SSSR count). The van der Waals surface area contributed by atoms with E-state index in [2.05, 4.69) is 27.7 Å². The zero-order chi connectivity index (χ0) is 9.61. The lowest BCUT2D eigenvalue weighted by molar-refractivity contribution is 0.0425. The number of hydrogen-bond donors (Lipinski definition) is 1. The SMILES string of the molecule is CCC(C)(CCC(C)C)CON. The van der Waals surface area contributed by atoms with Gasteiger partial charge in [0.05, 0.1) is 6.61 Å². The first-order valence-corrected chi connectivity index (χ1v) is 4.86. The Labute approximate surface area is 76.4 Å². The number of hydrogen-bond acceptors (Lipinski definition) is 2. The predicted octanol–water partition coefficient (Wildman–Crippen LogP) is 2.73. The molecule has 0 spiro atoms. The van der Waals surface area contributed by atoms with Crippen LogP contribution in [0.3, 0.4) is 0 Å². The maximum absolute atomic E-state index is 5.10. The minimum Gasteiger partial charge on any atom is -0.304 e. The van der Waals surface area contributed by atoms with E-state index in [0.29, 0.717) is 6.61 Å². The molecule has 0 aromatic rings. The molecule has 0 saturated heterocycles. The molecule has 0 bridgehead atoms. The van der Waals surface area contributed by atoms with E-state index in [4.69, 9.17) is 10.7 Å². The third-order valence-electron chi connectivity index (χ3n) is 2.61. The van der Waals surface area contributed by atoms with Gasteiger partial charge >= 0.3 is 0 Å². The summed E-state index contributed by atoms with van der Waals surface area (Å²) in [6.07, 6.45) is 3.60. The highest BCUT2D eigenvalue weighted by molar-refractivity contribution is 4.72. The zero-order valence-electron chi connectivity index (χ0n) is 8.89. The number of nitrogens with two attached hydrogens (primary N) is 1. The molecule has 12 heavy (non-hydrogen) atoms. The second-order valence-electron chi connectivity index (χ2n) is 4.41. The van der Waals surface area contributed by atoms with Crippen LogP contribution in [0.1, 0.15) is 47.0 Å². The molecule has 0 saturated carbocycles. The van der Waals surface area contributed by atoms with Gasteiger partial charge in [-0.3, -0.25) is 0 Å². The largest absolute Gasteiger partial charge is 0.304 e. The average molecular weight is 173 g/mol. The fraction of sp³-hybridized carbons (Fsp3) is 1.00. The molecule has 0 aromatic carbocycles. The first kappa shape index (κ1) is 11.9. The van der Waals surface area contributed by atoms with Crippen LogP contribution in [-0.4, -0.2) is 6.61 Å². The fourth-order valence-corrected chi connectivity index (χ4v) is 1.19. The molecule has 0 aliphatic rings. The van der Waals surface area contributed by atoms with Crippen molar-refractivity contribution in [2.24, 2.45) is 17.2 Å². The summed E-state index contributed by atoms with van der Waals surface area (Å²) in [5, 5.41) is 0. The van der Waals surface area contributed by atoms with Crippen LogP contribution >= 0.6 is 0 Å². The van der Waals surface area contributed by atoms with Crippen molar-refractivity contribution in [2.75, 3.05) is 6.61 Å². The zero-order valence-corrected chi connectivity index (χ0v) is 8.89. The van der Waals surface area contributed by atoms with Gasteiger partial charge in [-0.1, -0.05) is 34.1 Å². The lowest BCUT2D eigenvalue weighted by Crippen LogP contribution is -2.24. The van der Waals surface area contributed by atoms with Gasteiger partial charge < -0.3 is 4.84 Å². The van der Waals surface area contributed by atoms with Crippen molar-refractivity contribution >= 4 is 0 Å². The first-order chi connectivity index (χ1) is 5.54. The van der Waals surface area contributed by atoms with Crippen LogP contribution < -0.4 is 5.90 Å². The summed E-state index contributed by atoms with van der Waals surface area (Å²) in [5.41, 5.74) is 0.277. The molecule has 0 heterocycles. The maximum atomic E-state index is 5.10. The third kappa shape index (κ3) is 4.73. The van der Waals surface area contributed by atoms with Gasteiger partial charge in [0.25, 0.3) is 0 Å². The normalized spacial score (nSPS) is 16.5. The van der Waals surface area contributed by atoms with Gasteiger partial charge in [-0.2, -0.15) is 0 Å². The van der Waals surface area contributed by atoms with Gasteiger partial charge in [0.1, 0.15) is 0 Å². The van der Waals surface area contributed by atoms with Gasteiger partial charge in [0.15, 0.2) is 0 Å². The van der Waals surface area contributed by atoms with E-state index in [1.807, 2.05) is 0 Å². The van der Waals surface area contributed by atoms with Crippen LogP contribution in [0.5, 0.6) is 0 Å². The van der Waals surface area contributed by atoms with E-state index >= 15 is 0 Å². The third-order valence-corrected chi connectivity index (χ3v) is 2.61. The molecule has 1 atom stereocenters. The van der Waals surface area contributed by atoms with Crippen molar-refractivity contribution in [1.29, 1.82) is 0 Å². The van der Waals surface area contributed by atoms with Gasteiger partial charge in [0.2, 0.25) is 0 Å². The molecule has 0 aliphatic heterocycles. The predicted molar refractivity (Wildman–Crippen MR) is 52.6 cm³/mol. The second-order valence-corrected chi connectivity index (χ2v) is 4.41. The van der Waals surface area contributed by atoms with E-state index in [1.54, 1.807) is 0 Å². The Bertz CT molecular complexity index is 114. The summed E-state index contributed by atoms with van der Waals surface area (Å²) in [7, 11) is 0. The summed E-state index contributed by atoms with van der Waals surface area (Å²) in [5.74, 6) is 5.87. The molecule has 0 amide bonds. The lowest BCUT2D eigenvalue weighted by atomic mass is 9.82. The smallest absolute Gasteiger partial charge is 0.0732 e. The van der Waals surface area contributed by atoms with Crippen molar-refractivity contribution in [2.45, 2.75) is 47.0 Å². The van der Waals surface area contributed by atoms with Crippen LogP contribution in [0.4, 0.5) is 0 Å². The van der Waals surface area contributed by atoms with Crippen molar-refractivity contribution in [3.63, 3.8) is 0 Å². The molecule has 0 radical (unpaired) electrons. The van der Waals surface area contributed by atoms with Gasteiger partial charge in [0, 0.05) is 0 Å². The van der Waals surface area contributed by atoms with Crippen LogP contribution in [-0.2, 0) is 4.84 Å². The molecule has 2 N–H and O–H groups in total. The van der Waals surface area contributed by atoms with Crippen molar-refractivity contribution < 1.29 is 4.84 Å². The van der Waals surface area contributed by atoms with Crippen LogP contribution in [0.25, 0.3) is 0 Å². The molecular formula is C10H23NO. The minimum atomic E-state index is 0.277. The van der Waals surface area contributed by atoms with Crippen LogP contribution in [0, 0.1) is 11.3 Å². The monoisotopic (exact) mass is 173 g/mol. The second kappa shape index (κ2) is 5.55. The van der Waals surface area contributed by atoms with Gasteiger partial charge in [-0.25, -0.2) is 5.90 Å². The molecular weight excluding hydrogens is 150 g/mol. The molecule has 0 aliphatic carbocycles. The summed E-state index contributed by atoms with van der Waals surface area (Å²) in [6, 6.07) is 0. The van der Waals surface area contributed by atoms with Crippen molar-refractivity contribution in [1.82, 2.24) is 0 Å². The molecule has 74 valence electrons. The Kier molecular flexibility index (Phi) is 5.51. The summed E-state index contributed by atoms with van der Waals surface area (Å²) in [4.78, 5) is 4.73. The van der Waals surface area contributed by atoms with Crippen molar-refractivity contribution in [3.05, 3.63) is 0 Å². The van der Waals surface area contributed by atoms with Gasteiger partial charge in [-0.15, -0.1) is 0 Å². The highest BCUT2D eigenvalue weighted by Gasteiger charge is 2.22. The molecule has 0 fully saturated rings. The highest BCUT2D eigenvalue weighted by Crippen LogP contribution is 2.28. The van der Waals surface area contributed by atoms with Crippen LogP contribution in [0.15, 0.2) is 0 Å². The first-order valence-electron chi connectivity index (χ1n) is 4.86. The lowest BCUT2D eigenvalue weighted by Gasteiger charge is -2.27. The molecule has 1 unspecified atom stereocenters.